The first-order chi connectivity index (χ1) is 18.2. The van der Waals surface area contributed by atoms with Crippen molar-refractivity contribution in [3.63, 3.8) is 0 Å². The maximum absolute atomic E-state index is 13.1. The van der Waals surface area contributed by atoms with Gasteiger partial charge in [0.2, 0.25) is 0 Å². The van der Waals surface area contributed by atoms with Gasteiger partial charge in [0.15, 0.2) is 0 Å². The van der Waals surface area contributed by atoms with E-state index < -0.39 is 48.0 Å². The number of nitrogens with zero attached hydrogens (tertiary/aromatic N) is 1. The van der Waals surface area contributed by atoms with Gasteiger partial charge < -0.3 is 20.1 Å². The van der Waals surface area contributed by atoms with E-state index in [1.165, 1.54) is 17.0 Å². The van der Waals surface area contributed by atoms with Crippen molar-refractivity contribution in [1.29, 1.82) is 0 Å². The molecule has 2 N–H and O–H groups in total. The van der Waals surface area contributed by atoms with Crippen molar-refractivity contribution in [3.8, 4) is 5.75 Å². The van der Waals surface area contributed by atoms with Crippen LogP contribution in [0.2, 0.25) is 0 Å². The molecule has 2 unspecified atom stereocenters. The number of alkyl halides is 6. The molecule has 1 aliphatic carbocycles. The number of thioether (sulfide) groups is 1. The number of carboxylic acids is 1. The zero-order valence-electron chi connectivity index (χ0n) is 21.5. The quantitative estimate of drug-likeness (QED) is 0.237. The highest BCUT2D eigenvalue weighted by atomic mass is 32.2. The molecule has 2 atom stereocenters. The van der Waals surface area contributed by atoms with Crippen LogP contribution in [0, 0.1) is 0 Å². The van der Waals surface area contributed by atoms with E-state index in [0.717, 1.165) is 39.9 Å². The maximum Gasteiger partial charge on any atom is 0.573 e. The number of hydrogen-bond donors (Lipinski definition) is 2. The van der Waals surface area contributed by atoms with Gasteiger partial charge >= 0.3 is 24.5 Å². The third kappa shape index (κ3) is 10.5. The van der Waals surface area contributed by atoms with Gasteiger partial charge in [-0.05, 0) is 73.7 Å². The van der Waals surface area contributed by atoms with Crippen LogP contribution in [0.5, 0.6) is 5.75 Å². The molecule has 2 amide bonds. The van der Waals surface area contributed by atoms with Crippen molar-refractivity contribution in [1.82, 2.24) is 4.90 Å². The summed E-state index contributed by atoms with van der Waals surface area (Å²) < 4.78 is 79.1. The predicted molar refractivity (Wildman–Crippen MR) is 136 cm³/mol. The van der Waals surface area contributed by atoms with Crippen LogP contribution >= 0.6 is 11.8 Å². The molecular weight excluding hydrogens is 550 g/mol. The van der Waals surface area contributed by atoms with Crippen LogP contribution in [0.3, 0.4) is 0 Å². The second-order valence-electron chi connectivity index (χ2n) is 8.51. The van der Waals surface area contributed by atoms with Crippen LogP contribution in [0.4, 0.5) is 36.8 Å². The van der Waals surface area contributed by atoms with E-state index in [1.54, 1.807) is 13.0 Å². The van der Waals surface area contributed by atoms with Gasteiger partial charge in [-0.15, -0.1) is 24.9 Å². The minimum atomic E-state index is -4.87. The van der Waals surface area contributed by atoms with Crippen molar-refractivity contribution in [3.05, 3.63) is 53.6 Å². The Bertz CT molecular complexity index is 1110. The Labute approximate surface area is 226 Å². The first-order valence-electron chi connectivity index (χ1n) is 12.2. The zero-order chi connectivity index (χ0) is 29.4. The van der Waals surface area contributed by atoms with Gasteiger partial charge in [0.25, 0.3) is 0 Å². The van der Waals surface area contributed by atoms with E-state index in [1.807, 2.05) is 26.0 Å². The first-order valence-corrected chi connectivity index (χ1v) is 13.1. The van der Waals surface area contributed by atoms with Gasteiger partial charge in [-0.2, -0.15) is 13.2 Å². The molecule has 0 heterocycles. The van der Waals surface area contributed by atoms with E-state index in [9.17, 15) is 35.9 Å². The zero-order valence-corrected chi connectivity index (χ0v) is 22.3. The Morgan fingerprint density at radius 2 is 1.67 bits per heavy atom. The normalized spacial score (nSPS) is 15.5. The molecule has 0 aliphatic heterocycles. The average Bonchev–Trinajstić information content (AvgIpc) is 3.25. The van der Waals surface area contributed by atoms with Gasteiger partial charge in [0.1, 0.15) is 11.0 Å². The Kier molecular flexibility index (Phi) is 11.4. The Hall–Kier alpha value is -3.09. The Balaban J connectivity index is 0.00000260. The molecule has 0 saturated heterocycles. The van der Waals surface area contributed by atoms with Gasteiger partial charge in [0.05, 0.1) is 0 Å². The van der Waals surface area contributed by atoms with Gasteiger partial charge in [-0.1, -0.05) is 19.9 Å². The van der Waals surface area contributed by atoms with Crippen LogP contribution in [0.1, 0.15) is 44.7 Å². The second kappa shape index (κ2) is 13.8. The summed E-state index contributed by atoms with van der Waals surface area (Å²) in [6.07, 6.45) is -9.90. The third-order valence-electron chi connectivity index (χ3n) is 5.65. The lowest BCUT2D eigenvalue weighted by Crippen LogP contribution is -2.44. The van der Waals surface area contributed by atoms with Crippen LogP contribution < -0.4 is 10.1 Å². The number of aliphatic carboxylic acids is 1. The summed E-state index contributed by atoms with van der Waals surface area (Å²) in [6.45, 7) is 5.37. The molecule has 2 aromatic carbocycles. The van der Waals surface area contributed by atoms with E-state index in [2.05, 4.69) is 10.1 Å². The van der Waals surface area contributed by atoms with Crippen LogP contribution in [-0.4, -0.2) is 52.4 Å². The van der Waals surface area contributed by atoms with Gasteiger partial charge in [-0.3, -0.25) is 4.79 Å². The van der Waals surface area contributed by atoms with Crippen LogP contribution in [-0.2, 0) is 17.6 Å². The number of rotatable bonds is 9. The highest BCUT2D eigenvalue weighted by Gasteiger charge is 2.33. The number of halogens is 6. The number of carbonyl (C=O) groups is 2. The summed E-state index contributed by atoms with van der Waals surface area (Å²) in [5, 5.41) is 11.0. The Morgan fingerprint density at radius 3 is 2.23 bits per heavy atom. The molecule has 1 aliphatic rings. The van der Waals surface area contributed by atoms with Crippen molar-refractivity contribution in [2.24, 2.45) is 0 Å². The van der Waals surface area contributed by atoms with Crippen LogP contribution in [0.15, 0.2) is 47.4 Å². The number of nitrogens with one attached hydrogen (secondary N) is 1. The molecule has 3 rings (SSSR count). The van der Waals surface area contributed by atoms with Crippen LogP contribution in [0.25, 0.3) is 0 Å². The number of carbonyl (C=O) groups excluding carboxylic acids is 1. The number of amides is 2. The summed E-state index contributed by atoms with van der Waals surface area (Å²) in [7, 11) is 0. The standard InChI is InChI=1S/C24H24F6N2O4S.C2H6/c1-14(21(33)34)37-20-8-3-15-11-18(12-16(15)13-20)32(10-2-9-23(25,26)27)22(35)31-17-4-6-19(7-5-17)36-24(28,29)30;1-2/h3-8,13-14,18H,2,9-12H2,1H3,(H,31,35)(H,33,34);1-2H3. The topological polar surface area (TPSA) is 78.9 Å². The monoisotopic (exact) mass is 580 g/mol. The SMILES string of the molecule is CC.CC(Sc1ccc2c(c1)CC(N(CCCC(F)(F)F)C(=O)Nc1ccc(OC(F)(F)F)cc1)C2)C(=O)O. The maximum atomic E-state index is 13.1. The van der Waals surface area contributed by atoms with Gasteiger partial charge in [-0.25, -0.2) is 4.79 Å². The molecule has 0 aromatic heterocycles. The highest BCUT2D eigenvalue weighted by Crippen LogP contribution is 2.33. The number of anilines is 1. The molecule has 13 heteroatoms. The number of fused-ring (bicyclic) bond motifs is 1. The number of ether oxygens (including phenoxy) is 1. The number of urea groups is 1. The highest BCUT2D eigenvalue weighted by molar-refractivity contribution is 8.00. The summed E-state index contributed by atoms with van der Waals surface area (Å²) in [6, 6.07) is 8.70. The summed E-state index contributed by atoms with van der Waals surface area (Å²) in [5.74, 6) is -1.45. The first kappa shape index (κ1) is 32.1. The molecule has 0 bridgehead atoms. The van der Waals surface area contributed by atoms with Crippen molar-refractivity contribution in [2.75, 3.05) is 11.9 Å². The fourth-order valence-corrected chi connectivity index (χ4v) is 4.82. The molecule has 2 aromatic rings. The molecule has 0 fully saturated rings. The molecule has 216 valence electrons. The minimum absolute atomic E-state index is 0.150. The van der Waals surface area contributed by atoms with E-state index in [-0.39, 0.29) is 18.7 Å². The lowest BCUT2D eigenvalue weighted by Gasteiger charge is -2.29. The third-order valence-corrected chi connectivity index (χ3v) is 6.73. The largest absolute Gasteiger partial charge is 0.573 e. The molecule has 0 spiro atoms. The fourth-order valence-electron chi connectivity index (χ4n) is 3.95. The minimum Gasteiger partial charge on any atom is -0.480 e. The Morgan fingerprint density at radius 1 is 1.05 bits per heavy atom. The van der Waals surface area contributed by atoms with Crippen molar-refractivity contribution < 1.29 is 45.8 Å². The van der Waals surface area contributed by atoms with Crippen molar-refractivity contribution >= 4 is 29.4 Å². The molecule has 6 nitrogen and oxygen atoms in total. The lowest BCUT2D eigenvalue weighted by molar-refractivity contribution is -0.274. The molecule has 0 radical (unpaired) electrons. The second-order valence-corrected chi connectivity index (χ2v) is 9.92. The summed E-state index contributed by atoms with van der Waals surface area (Å²) in [4.78, 5) is 26.2. The lowest BCUT2D eigenvalue weighted by atomic mass is 10.1. The predicted octanol–water partition coefficient (Wildman–Crippen LogP) is 7.52. The molecule has 0 saturated carbocycles. The number of hydrogen-bond acceptors (Lipinski definition) is 4. The number of carboxylic acid groups (broad SMARTS) is 1. The fraction of sp³-hybridized carbons (Fsp3) is 0.462. The van der Waals surface area contributed by atoms with E-state index in [0.29, 0.717) is 12.8 Å². The van der Waals surface area contributed by atoms with E-state index in [4.69, 9.17) is 5.11 Å². The smallest absolute Gasteiger partial charge is 0.480 e. The molecule has 39 heavy (non-hydrogen) atoms. The van der Waals surface area contributed by atoms with Crippen molar-refractivity contribution in [2.45, 2.75) is 75.2 Å². The van der Waals surface area contributed by atoms with Gasteiger partial charge in [0, 0.05) is 29.6 Å². The average molecular weight is 581 g/mol. The molecular formula is C26H30F6N2O4S. The summed E-state index contributed by atoms with van der Waals surface area (Å²) in [5.41, 5.74) is 1.92. The summed E-state index contributed by atoms with van der Waals surface area (Å²) >= 11 is 1.16. The number of benzene rings is 2. The van der Waals surface area contributed by atoms with E-state index >= 15 is 0 Å².